The van der Waals surface area contributed by atoms with Gasteiger partial charge in [-0.25, -0.2) is 4.98 Å². The van der Waals surface area contributed by atoms with Gasteiger partial charge in [-0.15, -0.1) is 22.7 Å². The van der Waals surface area contributed by atoms with Gasteiger partial charge >= 0.3 is 0 Å². The van der Waals surface area contributed by atoms with E-state index in [-0.39, 0.29) is 11.8 Å². The van der Waals surface area contributed by atoms with Crippen LogP contribution in [0.3, 0.4) is 0 Å². The number of hydrogen-bond acceptors (Lipinski definition) is 7. The zero-order chi connectivity index (χ0) is 26.7. The van der Waals surface area contributed by atoms with Crippen LogP contribution in [-0.4, -0.2) is 49.6 Å². The molecule has 198 valence electrons. The lowest BCUT2D eigenvalue weighted by molar-refractivity contribution is -0.116. The van der Waals surface area contributed by atoms with E-state index in [9.17, 15) is 9.59 Å². The lowest BCUT2D eigenvalue weighted by atomic mass is 10.1. The number of rotatable bonds is 12. The fourth-order valence-electron chi connectivity index (χ4n) is 3.65. The highest BCUT2D eigenvalue weighted by molar-refractivity contribution is 7.22. The Labute approximate surface area is 223 Å². The first-order valence-corrected chi connectivity index (χ1v) is 14.3. The molecule has 0 aliphatic carbocycles. The first-order valence-electron chi connectivity index (χ1n) is 12.7. The Hall–Kier alpha value is -2.33. The van der Waals surface area contributed by atoms with Crippen LogP contribution in [0.2, 0.25) is 0 Å². The lowest BCUT2D eigenvalue weighted by Gasteiger charge is -2.09. The van der Waals surface area contributed by atoms with Crippen LogP contribution in [0.25, 0.3) is 20.8 Å². The van der Waals surface area contributed by atoms with Crippen molar-refractivity contribution < 1.29 is 14.3 Å². The monoisotopic (exact) mass is 532 g/mol. The van der Waals surface area contributed by atoms with Gasteiger partial charge in [-0.2, -0.15) is 0 Å². The number of carbonyl (C=O) groups excluding carboxylic acids is 2. The predicted molar refractivity (Wildman–Crippen MR) is 154 cm³/mol. The number of nitrogens with zero attached hydrogens (tertiary/aromatic N) is 1. The minimum Gasteiger partial charge on any atom is -0.383 e. The summed E-state index contributed by atoms with van der Waals surface area (Å²) in [5.74, 6) is -0.149. The summed E-state index contributed by atoms with van der Waals surface area (Å²) in [5.41, 5.74) is 3.60. The maximum absolute atomic E-state index is 12.6. The van der Waals surface area contributed by atoms with Crippen LogP contribution < -0.4 is 16.0 Å². The molecule has 0 radical (unpaired) electrons. The fourth-order valence-corrected chi connectivity index (χ4v) is 5.86. The van der Waals surface area contributed by atoms with Crippen LogP contribution >= 0.6 is 22.7 Å². The topological polar surface area (TPSA) is 92.4 Å². The van der Waals surface area contributed by atoms with Crippen LogP contribution in [0.5, 0.6) is 0 Å². The number of carbonyl (C=O) groups is 2. The highest BCUT2D eigenvalue weighted by Gasteiger charge is 2.22. The summed E-state index contributed by atoms with van der Waals surface area (Å²) in [5, 5.41) is 11.0. The minimum absolute atomic E-state index is 0.00479. The third kappa shape index (κ3) is 8.09. The third-order valence-corrected chi connectivity index (χ3v) is 7.44. The average Bonchev–Trinajstić information content (AvgIpc) is 3.40. The van der Waals surface area contributed by atoms with E-state index in [1.807, 2.05) is 32.0 Å². The Morgan fingerprint density at radius 1 is 1.14 bits per heavy atom. The second-order valence-electron chi connectivity index (χ2n) is 8.45. The summed E-state index contributed by atoms with van der Waals surface area (Å²) >= 11 is 3.20. The smallest absolute Gasteiger partial charge is 0.251 e. The summed E-state index contributed by atoms with van der Waals surface area (Å²) in [4.78, 5) is 31.2. The van der Waals surface area contributed by atoms with E-state index < -0.39 is 0 Å². The molecule has 36 heavy (non-hydrogen) atoms. The normalized spacial score (nSPS) is 10.9. The molecule has 0 fully saturated rings. The largest absolute Gasteiger partial charge is 0.383 e. The molecule has 0 atom stereocenters. The molecule has 2 amide bonds. The maximum Gasteiger partial charge on any atom is 0.251 e. The van der Waals surface area contributed by atoms with Gasteiger partial charge in [0.05, 0.1) is 16.8 Å². The molecule has 7 nitrogen and oxygen atoms in total. The van der Waals surface area contributed by atoms with Gasteiger partial charge in [-0.1, -0.05) is 41.0 Å². The number of thiophene rings is 1. The summed E-state index contributed by atoms with van der Waals surface area (Å²) < 4.78 is 6.00. The Kier molecular flexibility index (Phi) is 12.5. The maximum atomic E-state index is 12.6. The number of thiazole rings is 1. The van der Waals surface area contributed by atoms with E-state index in [1.54, 1.807) is 29.8 Å². The number of fused-ring (bicyclic) bond motifs is 1. The summed E-state index contributed by atoms with van der Waals surface area (Å²) in [7, 11) is 1.60. The van der Waals surface area contributed by atoms with Crippen molar-refractivity contribution in [1.29, 1.82) is 0 Å². The molecule has 0 aliphatic rings. The number of amides is 2. The van der Waals surface area contributed by atoms with E-state index in [4.69, 9.17) is 9.72 Å². The molecule has 0 unspecified atom stereocenters. The van der Waals surface area contributed by atoms with Crippen molar-refractivity contribution in [3.63, 3.8) is 0 Å². The second-order valence-corrected chi connectivity index (χ2v) is 10.7. The van der Waals surface area contributed by atoms with Gasteiger partial charge < -0.3 is 20.7 Å². The van der Waals surface area contributed by atoms with E-state index in [1.165, 1.54) is 10.4 Å². The summed E-state index contributed by atoms with van der Waals surface area (Å²) in [6.07, 6.45) is 2.34. The van der Waals surface area contributed by atoms with Gasteiger partial charge in [0.1, 0.15) is 10.0 Å². The van der Waals surface area contributed by atoms with Gasteiger partial charge in [-0.05, 0) is 37.1 Å². The fraction of sp³-hybridized carbons (Fsp3) is 0.519. The van der Waals surface area contributed by atoms with Gasteiger partial charge in [0, 0.05) is 48.7 Å². The number of nitrogens with one attached hydrogen (secondary N) is 3. The van der Waals surface area contributed by atoms with Gasteiger partial charge in [0.25, 0.3) is 5.91 Å². The molecule has 9 heteroatoms. The average molecular weight is 533 g/mol. The predicted octanol–water partition coefficient (Wildman–Crippen LogP) is 6.01. The molecule has 0 spiro atoms. The van der Waals surface area contributed by atoms with E-state index in [0.717, 1.165) is 38.6 Å². The Morgan fingerprint density at radius 2 is 1.89 bits per heavy atom. The lowest BCUT2D eigenvalue weighted by Crippen LogP contribution is -2.27. The molecule has 2 aromatic heterocycles. The number of aromatic nitrogens is 1. The van der Waals surface area contributed by atoms with Gasteiger partial charge in [0.2, 0.25) is 5.91 Å². The van der Waals surface area contributed by atoms with Crippen molar-refractivity contribution >= 4 is 49.7 Å². The third-order valence-electron chi connectivity index (χ3n) is 5.32. The van der Waals surface area contributed by atoms with Crippen LogP contribution in [0.15, 0.2) is 18.2 Å². The van der Waals surface area contributed by atoms with Crippen molar-refractivity contribution in [2.45, 2.75) is 66.8 Å². The van der Waals surface area contributed by atoms with E-state index in [2.05, 4.69) is 43.6 Å². The molecule has 0 saturated heterocycles. The van der Waals surface area contributed by atoms with Crippen LogP contribution in [0.1, 0.15) is 68.3 Å². The molecule has 3 N–H and O–H groups in total. The second kappa shape index (κ2) is 15.0. The quantitative estimate of drug-likeness (QED) is 0.248. The molecular weight excluding hydrogens is 492 g/mol. The Morgan fingerprint density at radius 3 is 2.56 bits per heavy atom. The molecule has 0 bridgehead atoms. The first kappa shape index (κ1) is 29.9. The molecule has 0 saturated carbocycles. The number of benzene rings is 1. The van der Waals surface area contributed by atoms with Crippen molar-refractivity contribution in [2.75, 3.05) is 32.1 Å². The van der Waals surface area contributed by atoms with Crippen molar-refractivity contribution in [1.82, 2.24) is 15.6 Å². The summed E-state index contributed by atoms with van der Waals surface area (Å²) in [6, 6.07) is 5.93. The number of methoxy groups -OCH3 is 1. The number of aryl methyl sites for hydroxylation is 1. The van der Waals surface area contributed by atoms with E-state index >= 15 is 0 Å². The summed E-state index contributed by atoms with van der Waals surface area (Å²) in [6.45, 7) is 14.0. The molecular formula is C27H40N4O3S2. The van der Waals surface area contributed by atoms with E-state index in [0.29, 0.717) is 37.7 Å². The molecule has 0 aliphatic heterocycles. The molecule has 3 aromatic rings. The SMILES string of the molecule is CC.CCCc1c(C)sc(NC(=O)CCNC(C)C)c1-c1nc2cc(C(=O)NCCOC)ccc2s1. The molecule has 3 rings (SSSR count). The standard InChI is InChI=1S/C25H34N4O3S2.C2H6/c1-6-7-18-16(4)33-25(29-21(30)10-11-26-15(2)3)22(18)24-28-19-14-17(8-9-20(19)34-24)23(31)27-12-13-32-5;1-2/h8-9,14-15,26H,6-7,10-13H2,1-5H3,(H,27,31)(H,29,30);1-2H3. The highest BCUT2D eigenvalue weighted by Crippen LogP contribution is 2.44. The Balaban J connectivity index is 0.00000222. The number of hydrogen-bond donors (Lipinski definition) is 3. The number of ether oxygens (including phenoxy) is 1. The van der Waals surface area contributed by atoms with Crippen LogP contribution in [0.4, 0.5) is 5.00 Å². The molecule has 2 heterocycles. The van der Waals surface area contributed by atoms with Gasteiger partial charge in [0.15, 0.2) is 0 Å². The highest BCUT2D eigenvalue weighted by atomic mass is 32.1. The van der Waals surface area contributed by atoms with Crippen LogP contribution in [-0.2, 0) is 16.0 Å². The Bertz CT molecular complexity index is 1140. The number of anilines is 1. The zero-order valence-corrected chi connectivity index (χ0v) is 24.2. The first-order chi connectivity index (χ1) is 17.3. The van der Waals surface area contributed by atoms with Crippen molar-refractivity contribution in [3.05, 3.63) is 34.2 Å². The molecule has 1 aromatic carbocycles. The minimum atomic E-state index is -0.144. The van der Waals surface area contributed by atoms with Crippen LogP contribution in [0, 0.1) is 6.92 Å². The van der Waals surface area contributed by atoms with Crippen molar-refractivity contribution in [2.24, 2.45) is 0 Å². The van der Waals surface area contributed by atoms with Crippen molar-refractivity contribution in [3.8, 4) is 10.6 Å². The van der Waals surface area contributed by atoms with Gasteiger partial charge in [-0.3, -0.25) is 9.59 Å². The zero-order valence-electron chi connectivity index (χ0n) is 22.5.